The summed E-state index contributed by atoms with van der Waals surface area (Å²) in [6.07, 6.45) is 0.520. The van der Waals surface area contributed by atoms with E-state index < -0.39 is 6.04 Å². The topological polar surface area (TPSA) is 80.7 Å². The molecule has 1 aromatic heterocycles. The molecule has 0 aliphatic carbocycles. The average molecular weight is 494 g/mol. The molecule has 0 bridgehead atoms. The Labute approximate surface area is 208 Å². The highest BCUT2D eigenvalue weighted by Crippen LogP contribution is 2.39. The molecule has 1 aliphatic rings. The zero-order valence-electron chi connectivity index (χ0n) is 20.1. The fourth-order valence-electron chi connectivity index (χ4n) is 3.98. The van der Waals surface area contributed by atoms with Gasteiger partial charge in [0, 0.05) is 24.6 Å². The van der Waals surface area contributed by atoms with Crippen molar-refractivity contribution in [2.75, 3.05) is 34.9 Å². The summed E-state index contributed by atoms with van der Waals surface area (Å²) in [7, 11) is 6.35. The third-order valence-electron chi connectivity index (χ3n) is 5.82. The van der Waals surface area contributed by atoms with Gasteiger partial charge in [0.25, 0.3) is 11.8 Å². The van der Waals surface area contributed by atoms with Gasteiger partial charge in [-0.05, 0) is 53.9 Å². The normalized spacial score (nSPS) is 14.9. The summed E-state index contributed by atoms with van der Waals surface area (Å²) in [4.78, 5) is 28.8. The van der Waals surface area contributed by atoms with Crippen LogP contribution in [0.5, 0.6) is 17.2 Å². The van der Waals surface area contributed by atoms with Crippen molar-refractivity contribution < 1.29 is 23.8 Å². The number of ether oxygens (including phenoxy) is 3. The van der Waals surface area contributed by atoms with E-state index in [0.29, 0.717) is 29.2 Å². The van der Waals surface area contributed by atoms with E-state index in [4.69, 9.17) is 14.2 Å². The monoisotopic (exact) mass is 493 g/mol. The van der Waals surface area contributed by atoms with Crippen LogP contribution in [-0.2, 0) is 4.79 Å². The lowest BCUT2D eigenvalue weighted by Crippen LogP contribution is -2.39. The molecule has 8 nitrogen and oxygen atoms in total. The Morgan fingerprint density at radius 3 is 2.37 bits per heavy atom. The lowest BCUT2D eigenvalue weighted by Gasteiger charge is -2.26. The Morgan fingerprint density at radius 1 is 1.03 bits per heavy atom. The van der Waals surface area contributed by atoms with Crippen LogP contribution in [0.2, 0.25) is 0 Å². The van der Waals surface area contributed by atoms with Crippen LogP contribution < -0.4 is 14.2 Å². The lowest BCUT2D eigenvalue weighted by atomic mass is 9.99. The van der Waals surface area contributed by atoms with E-state index in [0.717, 1.165) is 16.2 Å². The number of benzene rings is 2. The van der Waals surface area contributed by atoms with Crippen LogP contribution in [0.25, 0.3) is 0 Å². The largest absolute Gasteiger partial charge is 0.497 e. The minimum Gasteiger partial charge on any atom is -0.497 e. The van der Waals surface area contributed by atoms with Crippen LogP contribution in [-0.4, -0.2) is 62.4 Å². The average Bonchev–Trinajstić information content (AvgIpc) is 3.58. The van der Waals surface area contributed by atoms with Crippen LogP contribution in [0, 0.1) is 0 Å². The highest BCUT2D eigenvalue weighted by Gasteiger charge is 2.36. The molecular weight excluding hydrogens is 466 g/mol. The number of carbonyl (C=O) groups excluding carboxylic acids is 2. The van der Waals surface area contributed by atoms with Crippen molar-refractivity contribution in [2.24, 2.45) is 5.10 Å². The summed E-state index contributed by atoms with van der Waals surface area (Å²) < 4.78 is 16.2. The summed E-state index contributed by atoms with van der Waals surface area (Å²) in [6, 6.07) is 15.8. The summed E-state index contributed by atoms with van der Waals surface area (Å²) >= 11 is 1.57. The summed E-state index contributed by atoms with van der Waals surface area (Å²) in [5, 5.41) is 8.13. The van der Waals surface area contributed by atoms with Gasteiger partial charge in [-0.15, -0.1) is 11.3 Å². The Bertz CT molecular complexity index is 1220. The number of hydrogen-bond donors (Lipinski definition) is 0. The highest BCUT2D eigenvalue weighted by molar-refractivity contribution is 7.12. The number of rotatable bonds is 8. The van der Waals surface area contributed by atoms with Gasteiger partial charge in [0.1, 0.15) is 23.8 Å². The van der Waals surface area contributed by atoms with Gasteiger partial charge >= 0.3 is 0 Å². The number of likely N-dealkylation sites (N-methyl/N-ethyl adjacent to an activating group) is 1. The van der Waals surface area contributed by atoms with Crippen molar-refractivity contribution in [1.29, 1.82) is 0 Å². The standard InChI is InChI=1S/C26H27N3O5S/c1-28(26(31)17-7-9-18(32-2)10-8-17)16-25(30)29-22(15-21(27-29)24-6-5-13-35-24)20-14-19(33-3)11-12-23(20)34-4/h5-14,22H,15-16H2,1-4H3. The van der Waals surface area contributed by atoms with Crippen molar-refractivity contribution in [3.63, 3.8) is 0 Å². The van der Waals surface area contributed by atoms with E-state index in [-0.39, 0.29) is 18.4 Å². The number of thiophene rings is 1. The van der Waals surface area contributed by atoms with Crippen molar-refractivity contribution >= 4 is 28.9 Å². The molecule has 0 N–H and O–H groups in total. The van der Waals surface area contributed by atoms with Crippen LogP contribution in [0.3, 0.4) is 0 Å². The first-order chi connectivity index (χ1) is 16.9. The third kappa shape index (κ3) is 5.14. The predicted octanol–water partition coefficient (Wildman–Crippen LogP) is 4.22. The minimum absolute atomic E-state index is 0.130. The molecule has 0 saturated heterocycles. The second-order valence-electron chi connectivity index (χ2n) is 7.98. The van der Waals surface area contributed by atoms with Crippen LogP contribution in [0.1, 0.15) is 33.3 Å². The van der Waals surface area contributed by atoms with Crippen LogP contribution in [0.15, 0.2) is 65.1 Å². The smallest absolute Gasteiger partial charge is 0.262 e. The number of nitrogens with zero attached hydrogens (tertiary/aromatic N) is 3. The van der Waals surface area contributed by atoms with Crippen molar-refractivity contribution in [3.05, 3.63) is 76.0 Å². The van der Waals surface area contributed by atoms with Gasteiger partial charge in [0.05, 0.1) is 38.0 Å². The molecule has 9 heteroatoms. The molecule has 35 heavy (non-hydrogen) atoms. The van der Waals surface area contributed by atoms with E-state index in [2.05, 4.69) is 5.10 Å². The SMILES string of the molecule is COc1ccc(C(=O)N(C)CC(=O)N2N=C(c3cccs3)CC2c2cc(OC)ccc2OC)cc1. The number of hydrazone groups is 1. The number of carbonyl (C=O) groups is 2. The van der Waals surface area contributed by atoms with Gasteiger partial charge in [-0.1, -0.05) is 6.07 Å². The van der Waals surface area contributed by atoms with E-state index in [1.807, 2.05) is 35.7 Å². The van der Waals surface area contributed by atoms with Gasteiger partial charge in [0.15, 0.2) is 0 Å². The molecule has 0 spiro atoms. The van der Waals surface area contributed by atoms with E-state index in [1.165, 1.54) is 9.91 Å². The molecule has 2 amide bonds. The van der Waals surface area contributed by atoms with Gasteiger partial charge < -0.3 is 19.1 Å². The first-order valence-electron chi connectivity index (χ1n) is 11.0. The predicted molar refractivity (Wildman–Crippen MR) is 135 cm³/mol. The maximum atomic E-state index is 13.5. The molecule has 1 unspecified atom stereocenters. The van der Waals surface area contributed by atoms with Gasteiger partial charge in [-0.3, -0.25) is 9.59 Å². The molecular formula is C26H27N3O5S. The van der Waals surface area contributed by atoms with Crippen LogP contribution in [0.4, 0.5) is 0 Å². The Kier molecular flexibility index (Phi) is 7.36. The molecule has 2 heterocycles. The number of methoxy groups -OCH3 is 3. The van der Waals surface area contributed by atoms with Crippen LogP contribution >= 0.6 is 11.3 Å². The molecule has 0 radical (unpaired) electrons. The Morgan fingerprint density at radius 2 is 1.74 bits per heavy atom. The van der Waals surface area contributed by atoms with E-state index >= 15 is 0 Å². The quantitative estimate of drug-likeness (QED) is 0.469. The van der Waals surface area contributed by atoms with Gasteiger partial charge in [0.2, 0.25) is 0 Å². The number of amides is 2. The van der Waals surface area contributed by atoms with Crippen molar-refractivity contribution in [1.82, 2.24) is 9.91 Å². The maximum Gasteiger partial charge on any atom is 0.262 e. The first-order valence-corrected chi connectivity index (χ1v) is 11.9. The van der Waals surface area contributed by atoms with E-state index in [1.54, 1.807) is 64.0 Å². The minimum atomic E-state index is -0.394. The summed E-state index contributed by atoms with van der Waals surface area (Å²) in [6.45, 7) is -0.130. The summed E-state index contributed by atoms with van der Waals surface area (Å²) in [5.41, 5.74) is 2.07. The molecule has 1 aliphatic heterocycles. The van der Waals surface area contributed by atoms with Crippen molar-refractivity contribution in [2.45, 2.75) is 12.5 Å². The van der Waals surface area contributed by atoms with Gasteiger partial charge in [-0.2, -0.15) is 5.10 Å². The van der Waals surface area contributed by atoms with Gasteiger partial charge in [-0.25, -0.2) is 5.01 Å². The fourth-order valence-corrected chi connectivity index (χ4v) is 4.70. The summed E-state index contributed by atoms with van der Waals surface area (Å²) in [5.74, 6) is 1.39. The first kappa shape index (κ1) is 24.3. The second-order valence-corrected chi connectivity index (χ2v) is 8.93. The highest BCUT2D eigenvalue weighted by atomic mass is 32.1. The number of hydrogen-bond acceptors (Lipinski definition) is 7. The molecule has 1 atom stereocenters. The second kappa shape index (κ2) is 10.6. The molecule has 2 aromatic carbocycles. The molecule has 182 valence electrons. The molecule has 3 aromatic rings. The Hall–Kier alpha value is -3.85. The molecule has 0 fully saturated rings. The van der Waals surface area contributed by atoms with E-state index in [9.17, 15) is 9.59 Å². The molecule has 4 rings (SSSR count). The van der Waals surface area contributed by atoms with Crippen molar-refractivity contribution in [3.8, 4) is 17.2 Å². The Balaban J connectivity index is 1.61. The maximum absolute atomic E-state index is 13.5. The zero-order chi connectivity index (χ0) is 24.9. The third-order valence-corrected chi connectivity index (χ3v) is 6.74. The lowest BCUT2D eigenvalue weighted by molar-refractivity contribution is -0.133. The molecule has 0 saturated carbocycles. The zero-order valence-corrected chi connectivity index (χ0v) is 20.9. The fraction of sp³-hybridized carbons (Fsp3) is 0.269.